The Morgan fingerprint density at radius 1 is 0.955 bits per heavy atom. The Morgan fingerprint density at radius 3 is 2.02 bits per heavy atom. The van der Waals surface area contributed by atoms with E-state index in [4.69, 9.17) is 19.3 Å². The predicted octanol–water partition coefficient (Wildman–Crippen LogP) is 3.43. The predicted molar refractivity (Wildman–Crippen MR) is 166 cm³/mol. The minimum atomic E-state index is -2.63. The number of aliphatic hydroxyl groups is 4. The van der Waals surface area contributed by atoms with Gasteiger partial charge in [-0.15, -0.1) is 0 Å². The molecule has 2 unspecified atom stereocenters. The van der Waals surface area contributed by atoms with Crippen LogP contribution in [0.3, 0.4) is 0 Å². The highest BCUT2D eigenvalue weighted by atomic mass is 16.7. The molecule has 1 aliphatic rings. The third-order valence-corrected chi connectivity index (χ3v) is 6.53. The van der Waals surface area contributed by atoms with E-state index in [9.17, 15) is 29.7 Å². The second-order valence-electron chi connectivity index (χ2n) is 10.6. The second kappa shape index (κ2) is 22.4. The van der Waals surface area contributed by atoms with Crippen LogP contribution in [0.1, 0.15) is 85.0 Å². The van der Waals surface area contributed by atoms with E-state index in [0.717, 1.165) is 32.1 Å². The van der Waals surface area contributed by atoms with Crippen LogP contribution >= 0.6 is 0 Å². The minimum absolute atomic E-state index is 0.0925. The number of rotatable bonds is 20. The molecule has 1 saturated heterocycles. The molecule has 11 heteroatoms. The van der Waals surface area contributed by atoms with Crippen LogP contribution in [0.25, 0.3) is 0 Å². The Labute approximate surface area is 261 Å². The smallest absolute Gasteiger partial charge is 0.369 e. The van der Waals surface area contributed by atoms with Gasteiger partial charge < -0.3 is 40.0 Å². The number of hydrogen-bond acceptors (Lipinski definition) is 10. The summed E-state index contributed by atoms with van der Waals surface area (Å²) in [6.45, 7) is 3.99. The van der Waals surface area contributed by atoms with Gasteiger partial charge in [-0.1, -0.05) is 67.7 Å². The van der Waals surface area contributed by atoms with E-state index in [-0.39, 0.29) is 12.8 Å². The second-order valence-corrected chi connectivity index (χ2v) is 10.6. The molecule has 11 nitrogen and oxygen atoms in total. The third kappa shape index (κ3) is 16.7. The van der Waals surface area contributed by atoms with Crippen molar-refractivity contribution in [2.45, 2.75) is 121 Å². The maximum atomic E-state index is 12.7. The molecule has 0 aromatic rings. The Balaban J connectivity index is 2.36. The first-order valence-electron chi connectivity index (χ1n) is 15.3. The minimum Gasteiger partial charge on any atom is -0.425 e. The molecule has 1 rings (SSSR count). The average Bonchev–Trinajstić information content (AvgIpc) is 2.96. The molecule has 0 aliphatic carbocycles. The van der Waals surface area contributed by atoms with Crippen molar-refractivity contribution in [3.8, 4) is 0 Å². The van der Waals surface area contributed by atoms with Crippen molar-refractivity contribution in [3.63, 3.8) is 0 Å². The fourth-order valence-corrected chi connectivity index (χ4v) is 4.37. The zero-order chi connectivity index (χ0) is 32.8. The number of carbonyl (C=O) groups excluding carboxylic acids is 3. The lowest BCUT2D eigenvalue weighted by Crippen LogP contribution is -2.64. The van der Waals surface area contributed by atoms with E-state index in [1.54, 1.807) is 0 Å². The molecular weight excluding hydrogens is 570 g/mol. The lowest BCUT2D eigenvalue weighted by molar-refractivity contribution is -0.290. The number of unbranched alkanes of at least 4 members (excludes halogenated alkanes) is 1. The molecule has 0 aromatic heterocycles. The van der Waals surface area contributed by atoms with Gasteiger partial charge in [-0.3, -0.25) is 9.59 Å². The molecule has 6 atom stereocenters. The quantitative estimate of drug-likeness (QED) is 0.0587. The summed E-state index contributed by atoms with van der Waals surface area (Å²) in [4.78, 5) is 36.4. The summed E-state index contributed by atoms with van der Waals surface area (Å²) < 4.78 is 15.6. The number of amides is 1. The van der Waals surface area contributed by atoms with Crippen LogP contribution in [0.4, 0.5) is 0 Å². The standard InChI is InChI=1S/C33H51NO10/c1-4-5-6-7-8-9-10-11-12-13-14-15-16-17-18-19-20-21-30(39)42-26(3)43-32(40)33(41)23-28(38)31(34-25(2)36)29(44-33)22-27(37)24-35/h5-6,8-9,11-12,14-15,17-18,26-29,31,35,37-38,41H,4,7,10,13,16,19-24H2,1-3H3,(H,34,36)/b6-5+,9-8+,12-11+,15-14+,18-17+/t26?,27-,28+,29?,31+,33+/m0/s1. The Kier molecular flexibility index (Phi) is 19.8. The fraction of sp³-hybridized carbons (Fsp3) is 0.606. The molecule has 0 saturated carbocycles. The third-order valence-electron chi connectivity index (χ3n) is 6.53. The Bertz CT molecular complexity index is 1000. The van der Waals surface area contributed by atoms with Crippen LogP contribution in [0.15, 0.2) is 60.8 Å². The summed E-state index contributed by atoms with van der Waals surface area (Å²) in [5.74, 6) is -5.03. The number of carbonyl (C=O) groups is 3. The van der Waals surface area contributed by atoms with Crippen molar-refractivity contribution in [2.24, 2.45) is 0 Å². The van der Waals surface area contributed by atoms with Crippen LogP contribution < -0.4 is 5.32 Å². The normalized spacial score (nSPS) is 24.0. The zero-order valence-electron chi connectivity index (χ0n) is 26.2. The summed E-state index contributed by atoms with van der Waals surface area (Å²) in [7, 11) is 0. The SMILES string of the molecule is CC/C=C/C/C=C/C/C=C/C/C=C/C/C=C/CCCC(=O)OC(C)OC(=O)[C@@]1(O)C[C@@H](O)[C@@H](NC(C)=O)C(C[C@H](O)CO)O1. The van der Waals surface area contributed by atoms with Gasteiger partial charge in [-0.05, 0) is 44.9 Å². The first-order chi connectivity index (χ1) is 21.0. The molecule has 0 bridgehead atoms. The van der Waals surface area contributed by atoms with E-state index in [2.05, 4.69) is 60.8 Å². The first-order valence-corrected chi connectivity index (χ1v) is 15.3. The van der Waals surface area contributed by atoms with Gasteiger partial charge >= 0.3 is 11.9 Å². The van der Waals surface area contributed by atoms with E-state index < -0.39 is 67.3 Å². The molecule has 248 valence electrons. The van der Waals surface area contributed by atoms with Gasteiger partial charge in [0, 0.05) is 33.1 Å². The first kappa shape index (κ1) is 38.9. The number of ether oxygens (including phenoxy) is 3. The highest BCUT2D eigenvalue weighted by molar-refractivity contribution is 5.78. The Hall–Kier alpha value is -3.09. The molecule has 5 N–H and O–H groups in total. The van der Waals surface area contributed by atoms with E-state index in [1.165, 1.54) is 13.8 Å². The number of nitrogens with one attached hydrogen (secondary N) is 1. The summed E-state index contributed by atoms with van der Waals surface area (Å²) in [6.07, 6.45) is 20.8. The van der Waals surface area contributed by atoms with Crippen molar-refractivity contribution in [3.05, 3.63) is 60.8 Å². The van der Waals surface area contributed by atoms with E-state index in [1.807, 2.05) is 12.2 Å². The van der Waals surface area contributed by atoms with Crippen LogP contribution in [0.5, 0.6) is 0 Å². The van der Waals surface area contributed by atoms with Gasteiger partial charge in [-0.25, -0.2) is 4.79 Å². The van der Waals surface area contributed by atoms with Crippen molar-refractivity contribution in [1.29, 1.82) is 0 Å². The van der Waals surface area contributed by atoms with Crippen molar-refractivity contribution in [1.82, 2.24) is 5.32 Å². The van der Waals surface area contributed by atoms with Gasteiger partial charge in [0.1, 0.15) is 0 Å². The Morgan fingerprint density at radius 2 is 1.50 bits per heavy atom. The van der Waals surface area contributed by atoms with Gasteiger partial charge in [-0.2, -0.15) is 0 Å². The summed E-state index contributed by atoms with van der Waals surface area (Å²) >= 11 is 0. The highest BCUT2D eigenvalue weighted by Gasteiger charge is 2.52. The summed E-state index contributed by atoms with van der Waals surface area (Å²) in [6, 6.07) is -1.06. The fourth-order valence-electron chi connectivity index (χ4n) is 4.37. The van der Waals surface area contributed by atoms with Crippen molar-refractivity contribution >= 4 is 17.8 Å². The highest BCUT2D eigenvalue weighted by Crippen LogP contribution is 2.31. The van der Waals surface area contributed by atoms with Gasteiger partial charge in [0.05, 0.1) is 31.0 Å². The van der Waals surface area contributed by atoms with Gasteiger partial charge in [0.2, 0.25) is 12.2 Å². The number of allylic oxidation sites excluding steroid dienone is 10. The monoisotopic (exact) mass is 621 g/mol. The average molecular weight is 622 g/mol. The molecule has 1 heterocycles. The molecule has 0 spiro atoms. The molecule has 44 heavy (non-hydrogen) atoms. The molecule has 0 radical (unpaired) electrons. The van der Waals surface area contributed by atoms with Crippen molar-refractivity contribution < 1.29 is 49.0 Å². The lowest BCUT2D eigenvalue weighted by atomic mass is 9.90. The number of aliphatic hydroxyl groups excluding tert-OH is 3. The van der Waals surface area contributed by atoms with Crippen LogP contribution in [0.2, 0.25) is 0 Å². The summed E-state index contributed by atoms with van der Waals surface area (Å²) in [5.41, 5.74) is 0. The zero-order valence-corrected chi connectivity index (χ0v) is 26.2. The topological polar surface area (TPSA) is 172 Å². The number of hydrogen-bond donors (Lipinski definition) is 5. The molecular formula is C33H51NO10. The molecule has 1 aliphatic heterocycles. The maximum absolute atomic E-state index is 12.7. The van der Waals surface area contributed by atoms with Crippen molar-refractivity contribution in [2.75, 3.05) is 6.61 Å². The molecule has 1 fully saturated rings. The largest absolute Gasteiger partial charge is 0.425 e. The van der Waals surface area contributed by atoms with Crippen LogP contribution in [0, 0.1) is 0 Å². The van der Waals surface area contributed by atoms with Gasteiger partial charge in [0.25, 0.3) is 5.79 Å². The van der Waals surface area contributed by atoms with Gasteiger partial charge in [0.15, 0.2) is 0 Å². The number of esters is 2. The van der Waals surface area contributed by atoms with Crippen LogP contribution in [-0.4, -0.2) is 81.3 Å². The van der Waals surface area contributed by atoms with E-state index in [0.29, 0.717) is 12.8 Å². The van der Waals surface area contributed by atoms with E-state index >= 15 is 0 Å². The van der Waals surface area contributed by atoms with Crippen LogP contribution in [-0.2, 0) is 28.6 Å². The molecule has 1 amide bonds. The maximum Gasteiger partial charge on any atom is 0.369 e. The summed E-state index contributed by atoms with van der Waals surface area (Å²) in [5, 5.41) is 42.7. The lowest BCUT2D eigenvalue weighted by Gasteiger charge is -2.43. The molecule has 0 aromatic carbocycles.